The van der Waals surface area contributed by atoms with Gasteiger partial charge in [0.25, 0.3) is 0 Å². The van der Waals surface area contributed by atoms with E-state index < -0.39 is 0 Å². The van der Waals surface area contributed by atoms with Crippen molar-refractivity contribution in [3.8, 4) is 0 Å². The van der Waals surface area contributed by atoms with Crippen molar-refractivity contribution in [2.24, 2.45) is 0 Å². The van der Waals surface area contributed by atoms with Crippen LogP contribution in [0.4, 0.5) is 0 Å². The fourth-order valence-corrected chi connectivity index (χ4v) is 2.93. The molecule has 1 amide bonds. The molecule has 19 heavy (non-hydrogen) atoms. The molecule has 0 aromatic carbocycles. The first-order valence-corrected chi connectivity index (χ1v) is 7.35. The summed E-state index contributed by atoms with van der Waals surface area (Å²) in [6, 6.07) is 1.14. The van der Waals surface area contributed by atoms with Crippen LogP contribution in [0.2, 0.25) is 0 Å². The molecule has 2 aliphatic rings. The second-order valence-electron chi connectivity index (χ2n) is 5.94. The fraction of sp³-hybridized carbons (Fsp3) is 0.929. The highest BCUT2D eigenvalue weighted by Crippen LogP contribution is 2.20. The van der Waals surface area contributed by atoms with E-state index in [4.69, 9.17) is 4.74 Å². The summed E-state index contributed by atoms with van der Waals surface area (Å²) < 4.78 is 5.40. The van der Waals surface area contributed by atoms with E-state index >= 15 is 0 Å². The standard InChI is InChI=1S/C14H27N3O2/c1-11-8-13(4-6-16(11)2)17(3)14(18)9-12-10-19-7-5-15-12/h11-13,15H,4-10H2,1-3H3. The first-order chi connectivity index (χ1) is 9.08. The number of piperidine rings is 1. The lowest BCUT2D eigenvalue weighted by Gasteiger charge is -2.39. The second kappa shape index (κ2) is 6.68. The van der Waals surface area contributed by atoms with E-state index in [9.17, 15) is 4.79 Å². The number of amides is 1. The highest BCUT2D eigenvalue weighted by Gasteiger charge is 2.29. The number of likely N-dealkylation sites (tertiary alicyclic amines) is 1. The van der Waals surface area contributed by atoms with Crippen LogP contribution in [0.3, 0.4) is 0 Å². The minimum atomic E-state index is 0.187. The fourth-order valence-electron chi connectivity index (χ4n) is 2.93. The van der Waals surface area contributed by atoms with Gasteiger partial charge in [-0.15, -0.1) is 0 Å². The molecule has 0 aromatic rings. The first-order valence-electron chi connectivity index (χ1n) is 7.35. The predicted octanol–water partition coefficient (Wildman–Crippen LogP) is 0.306. The molecule has 2 aliphatic heterocycles. The largest absolute Gasteiger partial charge is 0.378 e. The number of ether oxygens (including phenoxy) is 1. The first kappa shape index (κ1) is 14.8. The summed E-state index contributed by atoms with van der Waals surface area (Å²) in [5.74, 6) is 0.241. The van der Waals surface area contributed by atoms with Gasteiger partial charge in [0.2, 0.25) is 5.91 Å². The van der Waals surface area contributed by atoms with Gasteiger partial charge < -0.3 is 19.9 Å². The molecule has 0 aromatic heterocycles. The lowest BCUT2D eigenvalue weighted by atomic mass is 9.97. The molecule has 0 spiro atoms. The summed E-state index contributed by atoms with van der Waals surface area (Å²) in [6.45, 7) is 5.58. The molecule has 2 heterocycles. The van der Waals surface area contributed by atoms with E-state index in [-0.39, 0.29) is 11.9 Å². The molecule has 110 valence electrons. The van der Waals surface area contributed by atoms with Gasteiger partial charge in [-0.25, -0.2) is 0 Å². The topological polar surface area (TPSA) is 44.8 Å². The van der Waals surface area contributed by atoms with Crippen LogP contribution in [0, 0.1) is 0 Å². The maximum absolute atomic E-state index is 12.3. The highest BCUT2D eigenvalue weighted by molar-refractivity contribution is 5.77. The number of nitrogens with one attached hydrogen (secondary N) is 1. The number of carbonyl (C=O) groups is 1. The Hall–Kier alpha value is -0.650. The number of hydrogen-bond acceptors (Lipinski definition) is 4. The van der Waals surface area contributed by atoms with Crippen molar-refractivity contribution < 1.29 is 9.53 Å². The Morgan fingerprint density at radius 2 is 2.32 bits per heavy atom. The molecule has 2 rings (SSSR count). The van der Waals surface area contributed by atoms with Gasteiger partial charge in [-0.3, -0.25) is 4.79 Å². The van der Waals surface area contributed by atoms with Gasteiger partial charge in [-0.05, 0) is 26.8 Å². The van der Waals surface area contributed by atoms with E-state index in [0.717, 1.165) is 32.5 Å². The quantitative estimate of drug-likeness (QED) is 0.801. The lowest BCUT2D eigenvalue weighted by Crippen LogP contribution is -2.50. The van der Waals surface area contributed by atoms with Crippen LogP contribution in [-0.4, -0.2) is 74.2 Å². The summed E-state index contributed by atoms with van der Waals surface area (Å²) in [5.41, 5.74) is 0. The van der Waals surface area contributed by atoms with Crippen molar-refractivity contribution in [3.63, 3.8) is 0 Å². The van der Waals surface area contributed by atoms with Crippen molar-refractivity contribution in [1.82, 2.24) is 15.1 Å². The average Bonchev–Trinajstić information content (AvgIpc) is 2.42. The zero-order valence-corrected chi connectivity index (χ0v) is 12.4. The molecule has 0 radical (unpaired) electrons. The Bertz CT molecular complexity index is 305. The smallest absolute Gasteiger partial charge is 0.224 e. The normalized spacial score (nSPS) is 33.1. The molecule has 5 nitrogen and oxygen atoms in total. The number of nitrogens with zero attached hydrogens (tertiary/aromatic N) is 2. The van der Waals surface area contributed by atoms with Crippen LogP contribution >= 0.6 is 0 Å². The third-order valence-electron chi connectivity index (χ3n) is 4.54. The minimum absolute atomic E-state index is 0.187. The van der Waals surface area contributed by atoms with Crippen LogP contribution in [0.5, 0.6) is 0 Å². The number of rotatable bonds is 3. The SMILES string of the molecule is CC1CC(N(C)C(=O)CC2COCCN2)CCN1C. The van der Waals surface area contributed by atoms with E-state index in [1.807, 2.05) is 11.9 Å². The van der Waals surface area contributed by atoms with Gasteiger partial charge >= 0.3 is 0 Å². The Labute approximate surface area is 116 Å². The molecule has 2 saturated heterocycles. The number of hydrogen-bond donors (Lipinski definition) is 1. The van der Waals surface area contributed by atoms with Crippen molar-refractivity contribution in [3.05, 3.63) is 0 Å². The third kappa shape index (κ3) is 3.91. The second-order valence-corrected chi connectivity index (χ2v) is 5.94. The van der Waals surface area contributed by atoms with Gasteiger partial charge in [-0.1, -0.05) is 0 Å². The molecule has 0 aliphatic carbocycles. The van der Waals surface area contributed by atoms with Gasteiger partial charge in [0, 0.05) is 44.7 Å². The van der Waals surface area contributed by atoms with Gasteiger partial charge in [-0.2, -0.15) is 0 Å². The highest BCUT2D eigenvalue weighted by atomic mass is 16.5. The molecular weight excluding hydrogens is 242 g/mol. The number of carbonyl (C=O) groups excluding carboxylic acids is 1. The van der Waals surface area contributed by atoms with Crippen LogP contribution < -0.4 is 5.32 Å². The number of morpholine rings is 1. The molecular formula is C14H27N3O2. The predicted molar refractivity (Wildman–Crippen MR) is 75.1 cm³/mol. The van der Waals surface area contributed by atoms with Gasteiger partial charge in [0.1, 0.15) is 0 Å². The van der Waals surface area contributed by atoms with E-state index in [1.165, 1.54) is 0 Å². The zero-order valence-electron chi connectivity index (χ0n) is 12.4. The molecule has 3 unspecified atom stereocenters. The Kier molecular flexibility index (Phi) is 5.19. The monoisotopic (exact) mass is 269 g/mol. The minimum Gasteiger partial charge on any atom is -0.378 e. The Balaban J connectivity index is 1.81. The maximum atomic E-state index is 12.3. The lowest BCUT2D eigenvalue weighted by molar-refractivity contribution is -0.134. The van der Waals surface area contributed by atoms with Crippen LogP contribution in [0.1, 0.15) is 26.2 Å². The van der Waals surface area contributed by atoms with Crippen LogP contribution in [0.15, 0.2) is 0 Å². The Morgan fingerprint density at radius 3 is 2.95 bits per heavy atom. The third-order valence-corrected chi connectivity index (χ3v) is 4.54. The molecule has 2 fully saturated rings. The summed E-state index contributed by atoms with van der Waals surface area (Å²) >= 11 is 0. The summed E-state index contributed by atoms with van der Waals surface area (Å²) in [7, 11) is 4.11. The molecule has 0 saturated carbocycles. The molecule has 3 atom stereocenters. The summed E-state index contributed by atoms with van der Waals surface area (Å²) in [6.07, 6.45) is 2.71. The van der Waals surface area contributed by atoms with Gasteiger partial charge in [0.05, 0.1) is 13.2 Å². The molecule has 1 N–H and O–H groups in total. The maximum Gasteiger partial charge on any atom is 0.224 e. The van der Waals surface area contributed by atoms with E-state index in [1.54, 1.807) is 0 Å². The van der Waals surface area contributed by atoms with Crippen LogP contribution in [0.25, 0.3) is 0 Å². The van der Waals surface area contributed by atoms with Crippen LogP contribution in [-0.2, 0) is 9.53 Å². The Morgan fingerprint density at radius 1 is 1.53 bits per heavy atom. The van der Waals surface area contributed by atoms with Gasteiger partial charge in [0.15, 0.2) is 0 Å². The zero-order chi connectivity index (χ0) is 13.8. The summed E-state index contributed by atoms with van der Waals surface area (Å²) in [5, 5.41) is 3.34. The molecule has 0 bridgehead atoms. The van der Waals surface area contributed by atoms with E-state index in [0.29, 0.717) is 25.1 Å². The summed E-state index contributed by atoms with van der Waals surface area (Å²) in [4.78, 5) is 16.6. The van der Waals surface area contributed by atoms with Crippen molar-refractivity contribution in [2.75, 3.05) is 40.4 Å². The van der Waals surface area contributed by atoms with Crippen molar-refractivity contribution in [2.45, 2.75) is 44.3 Å². The molecule has 5 heteroatoms. The van der Waals surface area contributed by atoms with Crippen molar-refractivity contribution >= 4 is 5.91 Å². The average molecular weight is 269 g/mol. The van der Waals surface area contributed by atoms with Crippen molar-refractivity contribution in [1.29, 1.82) is 0 Å². The van der Waals surface area contributed by atoms with E-state index in [2.05, 4.69) is 24.2 Å².